The maximum atomic E-state index is 5.59. The number of fused-ring (bicyclic) bond motifs is 1. The largest absolute Gasteiger partial charge is 0.491 e. The third kappa shape index (κ3) is 2.34. The molecule has 19 heavy (non-hydrogen) atoms. The minimum absolute atomic E-state index is 0.0844. The zero-order valence-electron chi connectivity index (χ0n) is 10.0. The smallest absolute Gasteiger partial charge is 0.145 e. The summed E-state index contributed by atoms with van der Waals surface area (Å²) in [7, 11) is 0. The van der Waals surface area contributed by atoms with Crippen molar-refractivity contribution in [2.45, 2.75) is 6.04 Å². The molecule has 0 amide bonds. The zero-order valence-corrected chi connectivity index (χ0v) is 10.9. The number of rotatable bonds is 3. The van der Waals surface area contributed by atoms with E-state index in [2.05, 4.69) is 15.3 Å². The first kappa shape index (κ1) is 11.9. The molecule has 0 saturated heterocycles. The van der Waals surface area contributed by atoms with E-state index in [0.717, 1.165) is 11.3 Å². The highest BCUT2D eigenvalue weighted by molar-refractivity contribution is 7.80. The number of ether oxygens (including phenoxy) is 1. The van der Waals surface area contributed by atoms with Gasteiger partial charge in [0.2, 0.25) is 0 Å². The van der Waals surface area contributed by atoms with Crippen LogP contribution in [0.3, 0.4) is 0 Å². The van der Waals surface area contributed by atoms with E-state index in [1.54, 1.807) is 12.4 Å². The third-order valence-electron chi connectivity index (χ3n) is 2.93. The van der Waals surface area contributed by atoms with Crippen LogP contribution in [0.15, 0.2) is 36.7 Å². The molecule has 1 aliphatic heterocycles. The summed E-state index contributed by atoms with van der Waals surface area (Å²) in [4.78, 5) is 8.63. The fourth-order valence-corrected chi connectivity index (χ4v) is 2.10. The summed E-state index contributed by atoms with van der Waals surface area (Å²) in [6, 6.07) is 8.03. The summed E-state index contributed by atoms with van der Waals surface area (Å²) in [5.41, 5.74) is 7.12. The van der Waals surface area contributed by atoms with Gasteiger partial charge in [0, 0.05) is 5.56 Å². The van der Waals surface area contributed by atoms with E-state index in [-0.39, 0.29) is 11.0 Å². The Balaban J connectivity index is 1.78. The van der Waals surface area contributed by atoms with Crippen molar-refractivity contribution in [3.05, 3.63) is 47.9 Å². The topological polar surface area (TPSA) is 73.1 Å². The van der Waals surface area contributed by atoms with E-state index in [0.29, 0.717) is 18.1 Å². The lowest BCUT2D eigenvalue weighted by Crippen LogP contribution is -2.15. The number of anilines is 1. The number of aromatic nitrogens is 2. The number of benzene rings is 1. The van der Waals surface area contributed by atoms with Crippen molar-refractivity contribution in [3.8, 4) is 5.75 Å². The monoisotopic (exact) mass is 272 g/mol. The lowest BCUT2D eigenvalue weighted by molar-refractivity contribution is 0.339. The van der Waals surface area contributed by atoms with Crippen molar-refractivity contribution in [2.75, 3.05) is 11.9 Å². The summed E-state index contributed by atoms with van der Waals surface area (Å²) in [5.74, 6) is 1.58. The molecule has 1 aromatic carbocycles. The zero-order chi connectivity index (χ0) is 13.2. The Morgan fingerprint density at radius 2 is 2.16 bits per heavy atom. The molecule has 1 aromatic heterocycles. The molecule has 1 atom stereocenters. The number of hydrogen-bond acceptors (Lipinski definition) is 5. The Labute approximate surface area is 115 Å². The molecule has 6 heteroatoms. The fraction of sp³-hybridized carbons (Fsp3) is 0.154. The van der Waals surface area contributed by atoms with Crippen molar-refractivity contribution >= 4 is 23.0 Å². The molecular weight excluding hydrogens is 260 g/mol. The van der Waals surface area contributed by atoms with Gasteiger partial charge in [-0.2, -0.15) is 0 Å². The van der Waals surface area contributed by atoms with Crippen molar-refractivity contribution in [1.29, 1.82) is 0 Å². The fourth-order valence-electron chi connectivity index (χ4n) is 1.99. The second-order valence-electron chi connectivity index (χ2n) is 4.20. The number of nitrogens with zero attached hydrogens (tertiary/aromatic N) is 2. The summed E-state index contributed by atoms with van der Waals surface area (Å²) in [5, 5.41) is 3.28. The maximum absolute atomic E-state index is 5.59. The molecule has 2 aromatic rings. The minimum atomic E-state index is 0.0844. The van der Waals surface area contributed by atoms with E-state index in [1.807, 2.05) is 24.3 Å². The van der Waals surface area contributed by atoms with Gasteiger partial charge >= 0.3 is 0 Å². The molecule has 96 valence electrons. The second kappa shape index (κ2) is 4.81. The van der Waals surface area contributed by atoms with Crippen LogP contribution in [0.1, 0.15) is 17.3 Å². The first-order chi connectivity index (χ1) is 9.24. The molecule has 2 heterocycles. The molecule has 0 saturated carbocycles. The SMILES string of the molecule is NC(=S)c1cnc(NC2COc3ccccc32)cn1. The lowest BCUT2D eigenvalue weighted by Gasteiger charge is -2.12. The Kier molecular flexibility index (Phi) is 3.00. The number of hydrogen-bond donors (Lipinski definition) is 2. The van der Waals surface area contributed by atoms with Gasteiger partial charge in [-0.25, -0.2) is 9.97 Å². The molecule has 3 N–H and O–H groups in total. The van der Waals surface area contributed by atoms with E-state index < -0.39 is 0 Å². The predicted octanol–water partition coefficient (Wildman–Crippen LogP) is 1.66. The van der Waals surface area contributed by atoms with E-state index >= 15 is 0 Å². The van der Waals surface area contributed by atoms with Crippen molar-refractivity contribution in [2.24, 2.45) is 5.73 Å². The van der Waals surface area contributed by atoms with Gasteiger partial charge < -0.3 is 15.8 Å². The van der Waals surface area contributed by atoms with Gasteiger partial charge in [0.25, 0.3) is 0 Å². The summed E-state index contributed by atoms with van der Waals surface area (Å²) in [6.07, 6.45) is 3.18. The molecule has 3 rings (SSSR count). The van der Waals surface area contributed by atoms with Gasteiger partial charge in [-0.3, -0.25) is 0 Å². The molecule has 1 unspecified atom stereocenters. The summed E-state index contributed by atoms with van der Waals surface area (Å²) < 4.78 is 5.59. The number of thiocarbonyl (C=S) groups is 1. The molecule has 0 radical (unpaired) electrons. The third-order valence-corrected chi connectivity index (χ3v) is 3.14. The molecule has 0 bridgehead atoms. The Bertz CT molecular complexity index is 614. The lowest BCUT2D eigenvalue weighted by atomic mass is 10.1. The molecule has 0 spiro atoms. The van der Waals surface area contributed by atoms with Gasteiger partial charge in [-0.1, -0.05) is 30.4 Å². The normalized spacial score (nSPS) is 16.5. The Morgan fingerprint density at radius 1 is 1.32 bits per heavy atom. The van der Waals surface area contributed by atoms with Crippen molar-refractivity contribution in [1.82, 2.24) is 9.97 Å². The van der Waals surface area contributed by atoms with Crippen LogP contribution in [-0.2, 0) is 0 Å². The Morgan fingerprint density at radius 3 is 2.89 bits per heavy atom. The molecule has 1 aliphatic rings. The van der Waals surface area contributed by atoms with E-state index in [4.69, 9.17) is 22.7 Å². The summed E-state index contributed by atoms with van der Waals surface area (Å²) in [6.45, 7) is 0.581. The summed E-state index contributed by atoms with van der Waals surface area (Å²) >= 11 is 4.84. The van der Waals surface area contributed by atoms with Gasteiger partial charge in [0.05, 0.1) is 18.4 Å². The predicted molar refractivity (Wildman–Crippen MR) is 76.2 cm³/mol. The Hall–Kier alpha value is -2.21. The highest BCUT2D eigenvalue weighted by Crippen LogP contribution is 2.33. The second-order valence-corrected chi connectivity index (χ2v) is 4.64. The van der Waals surface area contributed by atoms with Crippen molar-refractivity contribution in [3.63, 3.8) is 0 Å². The molecule has 0 aliphatic carbocycles. The highest BCUT2D eigenvalue weighted by Gasteiger charge is 2.23. The van der Waals surface area contributed by atoms with Gasteiger partial charge in [0.1, 0.15) is 28.9 Å². The van der Waals surface area contributed by atoms with Crippen LogP contribution in [-0.4, -0.2) is 21.6 Å². The quantitative estimate of drug-likeness (QED) is 0.828. The molecular formula is C13H12N4OS. The minimum Gasteiger partial charge on any atom is -0.491 e. The van der Waals surface area contributed by atoms with E-state index in [1.165, 1.54) is 0 Å². The van der Waals surface area contributed by atoms with Crippen molar-refractivity contribution < 1.29 is 4.74 Å². The maximum Gasteiger partial charge on any atom is 0.145 e. The highest BCUT2D eigenvalue weighted by atomic mass is 32.1. The van der Waals surface area contributed by atoms with Crippen LogP contribution in [0.25, 0.3) is 0 Å². The first-order valence-electron chi connectivity index (χ1n) is 5.84. The molecule has 5 nitrogen and oxygen atoms in total. The van der Waals surface area contributed by atoms with Gasteiger partial charge in [0.15, 0.2) is 0 Å². The molecule has 0 fully saturated rings. The number of nitrogens with one attached hydrogen (secondary N) is 1. The first-order valence-corrected chi connectivity index (χ1v) is 6.25. The van der Waals surface area contributed by atoms with Crippen LogP contribution in [0, 0.1) is 0 Å². The average Bonchev–Trinajstić information content (AvgIpc) is 2.83. The standard InChI is InChI=1S/C13H12N4OS/c14-13(19)9-5-16-12(6-15-9)17-10-7-18-11-4-2-1-3-8(10)11/h1-6,10H,7H2,(H2,14,19)(H,16,17). The van der Waals surface area contributed by atoms with Crippen LogP contribution in [0.4, 0.5) is 5.82 Å². The van der Waals surface area contributed by atoms with Crippen LogP contribution in [0.5, 0.6) is 5.75 Å². The van der Waals surface area contributed by atoms with E-state index in [9.17, 15) is 0 Å². The van der Waals surface area contributed by atoms with Gasteiger partial charge in [-0.05, 0) is 6.07 Å². The van der Waals surface area contributed by atoms with Crippen LogP contribution >= 0.6 is 12.2 Å². The number of para-hydroxylation sites is 1. The van der Waals surface area contributed by atoms with Gasteiger partial charge in [-0.15, -0.1) is 0 Å². The average molecular weight is 272 g/mol. The van der Waals surface area contributed by atoms with Crippen LogP contribution in [0.2, 0.25) is 0 Å². The number of nitrogens with two attached hydrogens (primary N) is 1. The van der Waals surface area contributed by atoms with Crippen LogP contribution < -0.4 is 15.8 Å².